The molecule has 0 saturated carbocycles. The van der Waals surface area contributed by atoms with Gasteiger partial charge in [0.2, 0.25) is 11.4 Å². The first-order chi connectivity index (χ1) is 7.34. The minimum absolute atomic E-state index is 0.181. The molecule has 0 fully saturated rings. The highest BCUT2D eigenvalue weighted by Gasteiger charge is 2.18. The van der Waals surface area contributed by atoms with Crippen molar-refractivity contribution in [3.8, 4) is 0 Å². The zero-order chi connectivity index (χ0) is 12.5. The highest BCUT2D eigenvalue weighted by atomic mass is 127. The van der Waals surface area contributed by atoms with Crippen LogP contribution in [0.1, 0.15) is 31.1 Å². The molecular weight excluding hydrogens is 572 g/mol. The van der Waals surface area contributed by atoms with Crippen LogP contribution < -0.4 is 0 Å². The first-order valence-corrected chi connectivity index (χ1v) is 7.39. The summed E-state index contributed by atoms with van der Waals surface area (Å²) in [6.45, 7) is 0. The third-order valence-electron chi connectivity index (χ3n) is 1.74. The normalized spacial score (nSPS) is 10.0. The predicted octanol–water partition coefficient (Wildman–Crippen LogP) is 4.07. The summed E-state index contributed by atoms with van der Waals surface area (Å²) in [5.74, 6) is 0. The molecule has 0 spiro atoms. The van der Waals surface area contributed by atoms with Crippen molar-refractivity contribution in [1.29, 1.82) is 0 Å². The molecule has 0 atom stereocenters. The summed E-state index contributed by atoms with van der Waals surface area (Å²) in [7, 11) is 0. The molecular formula is C9H2ClI3O3. The summed E-state index contributed by atoms with van der Waals surface area (Å²) >= 11 is 10.6. The maximum Gasteiger partial charge on any atom is 0.223 e. The number of benzene rings is 1. The molecule has 1 aromatic rings. The van der Waals surface area contributed by atoms with Gasteiger partial charge in [0.25, 0.3) is 0 Å². The molecule has 1 aromatic carbocycles. The Kier molecular flexibility index (Phi) is 5.58. The first-order valence-electron chi connectivity index (χ1n) is 3.77. The Hall–Kier alpha value is 0.710. The Morgan fingerprint density at radius 3 is 1.56 bits per heavy atom. The van der Waals surface area contributed by atoms with Crippen LogP contribution in [0.3, 0.4) is 0 Å². The summed E-state index contributed by atoms with van der Waals surface area (Å²) in [6, 6.07) is 2.71. The number of hydrogen-bond donors (Lipinski definition) is 0. The number of carbonyl (C=O) groups is 3. The fourth-order valence-corrected chi connectivity index (χ4v) is 2.80. The number of halogens is 4. The van der Waals surface area contributed by atoms with Crippen LogP contribution in [0.4, 0.5) is 0 Å². The van der Waals surface area contributed by atoms with Gasteiger partial charge in [0, 0.05) is 84.5 Å². The van der Waals surface area contributed by atoms with Crippen LogP contribution in [-0.4, -0.2) is 11.4 Å². The van der Waals surface area contributed by atoms with Crippen molar-refractivity contribution in [2.45, 2.75) is 0 Å². The highest BCUT2D eigenvalue weighted by Crippen LogP contribution is 2.27. The molecule has 16 heavy (non-hydrogen) atoms. The van der Waals surface area contributed by atoms with Crippen molar-refractivity contribution in [2.24, 2.45) is 0 Å². The lowest BCUT2D eigenvalue weighted by molar-refractivity contribution is 0.107. The van der Waals surface area contributed by atoms with Crippen molar-refractivity contribution in [3.63, 3.8) is 0 Å². The van der Waals surface area contributed by atoms with E-state index in [0.29, 0.717) is 0 Å². The van der Waals surface area contributed by atoms with E-state index < -0.39 is 0 Å². The average molecular weight is 574 g/mol. The van der Waals surface area contributed by atoms with Crippen LogP contribution in [-0.2, 0) is 0 Å². The van der Waals surface area contributed by atoms with E-state index in [1.54, 1.807) is 67.8 Å². The average Bonchev–Trinajstić information content (AvgIpc) is 2.15. The Bertz CT molecular complexity index is 499. The van der Waals surface area contributed by atoms with Crippen molar-refractivity contribution < 1.29 is 14.4 Å². The van der Waals surface area contributed by atoms with E-state index in [0.717, 1.165) is 0 Å². The Balaban J connectivity index is 3.55. The van der Waals surface area contributed by atoms with Gasteiger partial charge in [-0.05, 0) is 12.1 Å². The largest absolute Gasteiger partial charge is 0.282 e. The third-order valence-corrected chi connectivity index (χ3v) is 3.80. The summed E-state index contributed by atoms with van der Waals surface area (Å²) in [5, 5.41) is 0.181. The molecule has 0 aliphatic heterocycles. The lowest BCUT2D eigenvalue weighted by Crippen LogP contribution is -2.03. The van der Waals surface area contributed by atoms with E-state index in [9.17, 15) is 14.4 Å². The Morgan fingerprint density at radius 2 is 1.19 bits per heavy atom. The van der Waals surface area contributed by atoms with Crippen LogP contribution in [0, 0.1) is 0 Å². The van der Waals surface area contributed by atoms with Gasteiger partial charge in [0.1, 0.15) is 0 Å². The number of hydrogen-bond acceptors (Lipinski definition) is 3. The van der Waals surface area contributed by atoms with Gasteiger partial charge in [-0.3, -0.25) is 14.4 Å². The summed E-state index contributed by atoms with van der Waals surface area (Å²) < 4.78 is -0.853. The van der Waals surface area contributed by atoms with Gasteiger partial charge in [0.15, 0.2) is 0 Å². The molecule has 0 unspecified atom stereocenters. The monoisotopic (exact) mass is 574 g/mol. The molecule has 0 N–H and O–H groups in total. The molecule has 1 rings (SSSR count). The van der Waals surface area contributed by atoms with Crippen LogP contribution in [0.15, 0.2) is 12.1 Å². The minimum Gasteiger partial charge on any atom is -0.282 e. The van der Waals surface area contributed by atoms with E-state index in [1.807, 2.05) is 0 Å². The standard InChI is InChI=1S/C9H2ClI3O3/c10-6-2-4(8(12)15)3(7(11)14)1-5(6)9(13)16/h1-2H. The number of rotatable bonds is 3. The Morgan fingerprint density at radius 1 is 0.812 bits per heavy atom. The summed E-state index contributed by atoms with van der Waals surface area (Å²) in [5.41, 5.74) is 0.680. The van der Waals surface area contributed by atoms with Crippen LogP contribution in [0.2, 0.25) is 5.02 Å². The summed E-state index contributed by atoms with van der Waals surface area (Å²) in [4.78, 5) is 33.8. The molecule has 0 radical (unpaired) electrons. The van der Waals surface area contributed by atoms with Gasteiger partial charge < -0.3 is 0 Å². The first kappa shape index (κ1) is 14.8. The molecule has 7 heteroatoms. The molecule has 0 aromatic heterocycles. The van der Waals surface area contributed by atoms with Crippen molar-refractivity contribution >= 4 is 90.7 Å². The second-order valence-electron chi connectivity index (χ2n) is 2.70. The topological polar surface area (TPSA) is 51.2 Å². The van der Waals surface area contributed by atoms with Crippen molar-refractivity contribution in [2.75, 3.05) is 0 Å². The van der Waals surface area contributed by atoms with Crippen LogP contribution >= 0.6 is 79.4 Å². The maximum atomic E-state index is 11.3. The van der Waals surface area contributed by atoms with E-state index in [2.05, 4.69) is 0 Å². The molecule has 84 valence electrons. The van der Waals surface area contributed by atoms with E-state index >= 15 is 0 Å². The minimum atomic E-state index is -0.298. The fourth-order valence-electron chi connectivity index (χ4n) is 1.05. The second-order valence-corrected chi connectivity index (χ2v) is 6.05. The maximum absolute atomic E-state index is 11.3. The molecule has 0 aliphatic carbocycles. The molecule has 0 aliphatic rings. The van der Waals surface area contributed by atoms with Gasteiger partial charge in [-0.15, -0.1) is 0 Å². The van der Waals surface area contributed by atoms with Crippen LogP contribution in [0.5, 0.6) is 0 Å². The van der Waals surface area contributed by atoms with Gasteiger partial charge in [-0.2, -0.15) is 0 Å². The van der Waals surface area contributed by atoms with Crippen molar-refractivity contribution in [3.05, 3.63) is 33.8 Å². The predicted molar refractivity (Wildman–Crippen MR) is 86.5 cm³/mol. The Labute approximate surface area is 137 Å². The lowest BCUT2D eigenvalue weighted by atomic mass is 10.1. The van der Waals surface area contributed by atoms with E-state index in [-0.39, 0.29) is 33.1 Å². The summed E-state index contributed by atoms with van der Waals surface area (Å²) in [6.07, 6.45) is 0. The molecule has 0 bridgehead atoms. The molecule has 0 amide bonds. The zero-order valence-electron chi connectivity index (χ0n) is 7.39. The number of carbonyl (C=O) groups excluding carboxylic acids is 3. The second kappa shape index (κ2) is 6.05. The molecule has 0 saturated heterocycles. The van der Waals surface area contributed by atoms with Gasteiger partial charge in [-0.1, -0.05) is 11.6 Å². The quantitative estimate of drug-likeness (QED) is 0.405. The van der Waals surface area contributed by atoms with Gasteiger partial charge in [0.05, 0.1) is 5.02 Å². The van der Waals surface area contributed by atoms with Gasteiger partial charge >= 0.3 is 0 Å². The molecule has 3 nitrogen and oxygen atoms in total. The van der Waals surface area contributed by atoms with Crippen LogP contribution in [0.25, 0.3) is 0 Å². The zero-order valence-corrected chi connectivity index (χ0v) is 14.6. The lowest BCUT2D eigenvalue weighted by Gasteiger charge is -2.06. The fraction of sp³-hybridized carbons (Fsp3) is 0. The highest BCUT2D eigenvalue weighted by molar-refractivity contribution is 14.1. The SMILES string of the molecule is O=C(I)c1cc(C(=O)I)c(C(=O)I)cc1Cl. The van der Waals surface area contributed by atoms with Crippen molar-refractivity contribution in [1.82, 2.24) is 0 Å². The third kappa shape index (κ3) is 3.35. The van der Waals surface area contributed by atoms with Gasteiger partial charge in [-0.25, -0.2) is 0 Å². The van der Waals surface area contributed by atoms with E-state index in [1.165, 1.54) is 12.1 Å². The molecule has 0 heterocycles. The van der Waals surface area contributed by atoms with E-state index in [4.69, 9.17) is 11.6 Å². The smallest absolute Gasteiger partial charge is 0.223 e.